The third-order valence-corrected chi connectivity index (χ3v) is 3.56. The third kappa shape index (κ3) is 7.87. The summed E-state index contributed by atoms with van der Waals surface area (Å²) in [5, 5.41) is 14.1. The van der Waals surface area contributed by atoms with Crippen LogP contribution in [-0.2, 0) is 9.53 Å². The van der Waals surface area contributed by atoms with E-state index in [1.54, 1.807) is 45.0 Å². The number of thioether (sulfide) groups is 1. The number of nitrogens with one attached hydrogen (secondary N) is 2. The molecule has 1 atom stereocenters. The number of aliphatic carboxylic acids is 1. The molecule has 0 aliphatic rings. The van der Waals surface area contributed by atoms with Crippen molar-refractivity contribution in [2.75, 3.05) is 11.6 Å². The molecule has 0 fully saturated rings. The van der Waals surface area contributed by atoms with Gasteiger partial charge in [-0.25, -0.2) is 9.59 Å². The molecule has 1 rings (SSSR count). The van der Waals surface area contributed by atoms with Crippen LogP contribution in [-0.4, -0.2) is 46.3 Å². The average molecular weight is 354 g/mol. The van der Waals surface area contributed by atoms with Crippen LogP contribution < -0.4 is 10.6 Å². The van der Waals surface area contributed by atoms with Crippen LogP contribution in [0.3, 0.4) is 0 Å². The van der Waals surface area contributed by atoms with Crippen molar-refractivity contribution in [2.24, 2.45) is 0 Å². The van der Waals surface area contributed by atoms with Crippen molar-refractivity contribution in [1.82, 2.24) is 10.6 Å². The molecule has 0 aromatic heterocycles. The van der Waals surface area contributed by atoms with E-state index in [2.05, 4.69) is 10.6 Å². The van der Waals surface area contributed by atoms with Gasteiger partial charge in [-0.15, -0.1) is 11.8 Å². The Morgan fingerprint density at radius 1 is 1.21 bits per heavy atom. The summed E-state index contributed by atoms with van der Waals surface area (Å²) in [6.07, 6.45) is -0.788. The number of ether oxygens (including phenoxy) is 1. The lowest BCUT2D eigenvalue weighted by Crippen LogP contribution is -2.45. The Morgan fingerprint density at radius 2 is 1.83 bits per heavy atom. The lowest BCUT2D eigenvalue weighted by atomic mass is 10.2. The molecule has 0 bridgehead atoms. The van der Waals surface area contributed by atoms with Crippen LogP contribution in [0.1, 0.15) is 31.1 Å². The van der Waals surface area contributed by atoms with E-state index in [0.29, 0.717) is 5.56 Å². The van der Waals surface area contributed by atoms with Gasteiger partial charge in [0.25, 0.3) is 5.91 Å². The first-order chi connectivity index (χ1) is 11.2. The number of carboxylic acids is 1. The number of rotatable bonds is 7. The summed E-state index contributed by atoms with van der Waals surface area (Å²) in [5.74, 6) is -1.07. The minimum Gasteiger partial charge on any atom is -0.480 e. The monoisotopic (exact) mass is 354 g/mol. The van der Waals surface area contributed by atoms with Gasteiger partial charge >= 0.3 is 12.1 Å². The van der Waals surface area contributed by atoms with Crippen LogP contribution >= 0.6 is 11.8 Å². The van der Waals surface area contributed by atoms with E-state index in [1.807, 2.05) is 6.07 Å². The molecule has 0 aliphatic carbocycles. The Bertz CT molecular complexity index is 572. The van der Waals surface area contributed by atoms with Crippen molar-refractivity contribution in [3.63, 3.8) is 0 Å². The zero-order chi connectivity index (χ0) is 18.2. The number of benzene rings is 1. The second kappa shape index (κ2) is 9.17. The molecule has 7 nitrogen and oxygen atoms in total. The fourth-order valence-corrected chi connectivity index (χ4v) is 2.42. The van der Waals surface area contributed by atoms with Crippen molar-refractivity contribution >= 4 is 29.7 Å². The molecule has 0 spiro atoms. The number of amides is 2. The van der Waals surface area contributed by atoms with E-state index in [0.717, 1.165) is 0 Å². The van der Waals surface area contributed by atoms with Crippen molar-refractivity contribution in [3.05, 3.63) is 35.9 Å². The third-order valence-electron chi connectivity index (χ3n) is 2.64. The normalized spacial score (nSPS) is 12.1. The smallest absolute Gasteiger partial charge is 0.408 e. The predicted molar refractivity (Wildman–Crippen MR) is 92.0 cm³/mol. The molecule has 0 saturated carbocycles. The molecule has 132 valence electrons. The first-order valence-electron chi connectivity index (χ1n) is 7.32. The van der Waals surface area contributed by atoms with Gasteiger partial charge in [0.05, 0.1) is 5.88 Å². The Labute approximate surface area is 145 Å². The molecule has 0 heterocycles. The van der Waals surface area contributed by atoms with Crippen LogP contribution in [0.5, 0.6) is 0 Å². The highest BCUT2D eigenvalue weighted by atomic mass is 32.2. The Kier molecular flexibility index (Phi) is 7.57. The molecular weight excluding hydrogens is 332 g/mol. The minimum absolute atomic E-state index is 0.101. The van der Waals surface area contributed by atoms with E-state index < -0.39 is 23.7 Å². The molecule has 1 aromatic rings. The fraction of sp³-hybridized carbons (Fsp3) is 0.438. The molecule has 0 aliphatic heterocycles. The molecule has 0 radical (unpaired) electrons. The van der Waals surface area contributed by atoms with Gasteiger partial charge in [-0.05, 0) is 32.9 Å². The van der Waals surface area contributed by atoms with Crippen LogP contribution in [0.2, 0.25) is 0 Å². The lowest BCUT2D eigenvalue weighted by Gasteiger charge is -2.21. The van der Waals surface area contributed by atoms with E-state index in [9.17, 15) is 14.4 Å². The number of alkyl carbamates (subject to hydrolysis) is 1. The maximum absolute atomic E-state index is 11.8. The minimum atomic E-state index is -1.16. The van der Waals surface area contributed by atoms with Gasteiger partial charge in [0, 0.05) is 11.3 Å². The Hall–Kier alpha value is -2.22. The number of carboxylic acid groups (broad SMARTS) is 1. The second-order valence-electron chi connectivity index (χ2n) is 5.92. The highest BCUT2D eigenvalue weighted by Crippen LogP contribution is 2.08. The van der Waals surface area contributed by atoms with Gasteiger partial charge in [0.15, 0.2) is 0 Å². The highest BCUT2D eigenvalue weighted by Gasteiger charge is 2.23. The lowest BCUT2D eigenvalue weighted by molar-refractivity contribution is -0.138. The van der Waals surface area contributed by atoms with Gasteiger partial charge in [0.2, 0.25) is 0 Å². The molecule has 1 aromatic carbocycles. The zero-order valence-electron chi connectivity index (χ0n) is 13.9. The molecule has 0 saturated heterocycles. The van der Waals surface area contributed by atoms with Crippen LogP contribution in [0.25, 0.3) is 0 Å². The molecule has 2 amide bonds. The maximum Gasteiger partial charge on any atom is 0.408 e. The van der Waals surface area contributed by atoms with E-state index in [1.165, 1.54) is 11.8 Å². The molecule has 3 N–H and O–H groups in total. The predicted octanol–water partition coefficient (Wildman–Crippen LogP) is 2.09. The fourth-order valence-electron chi connectivity index (χ4n) is 1.61. The molecule has 1 unspecified atom stereocenters. The molecular formula is C16H22N2O5S. The largest absolute Gasteiger partial charge is 0.480 e. The van der Waals surface area contributed by atoms with E-state index in [4.69, 9.17) is 9.84 Å². The summed E-state index contributed by atoms with van der Waals surface area (Å²) in [7, 11) is 0. The SMILES string of the molecule is CC(C)(C)OC(=O)NC(CSCNC(=O)c1ccccc1)C(=O)O. The summed E-state index contributed by atoms with van der Waals surface area (Å²) < 4.78 is 5.03. The van der Waals surface area contributed by atoms with Crippen LogP contribution in [0, 0.1) is 0 Å². The van der Waals surface area contributed by atoms with Gasteiger partial charge in [-0.1, -0.05) is 18.2 Å². The zero-order valence-corrected chi connectivity index (χ0v) is 14.7. The van der Waals surface area contributed by atoms with E-state index >= 15 is 0 Å². The van der Waals surface area contributed by atoms with Crippen LogP contribution in [0.4, 0.5) is 4.79 Å². The number of hydrogen-bond donors (Lipinski definition) is 3. The summed E-state index contributed by atoms with van der Waals surface area (Å²) in [6.45, 7) is 5.07. The van der Waals surface area contributed by atoms with Crippen molar-refractivity contribution < 1.29 is 24.2 Å². The van der Waals surface area contributed by atoms with Gasteiger partial charge in [0.1, 0.15) is 11.6 Å². The molecule has 8 heteroatoms. The topological polar surface area (TPSA) is 105 Å². The Morgan fingerprint density at radius 3 is 2.38 bits per heavy atom. The van der Waals surface area contributed by atoms with Crippen molar-refractivity contribution in [1.29, 1.82) is 0 Å². The summed E-state index contributed by atoms with van der Waals surface area (Å²) in [6, 6.07) is 7.60. The summed E-state index contributed by atoms with van der Waals surface area (Å²) >= 11 is 1.19. The van der Waals surface area contributed by atoms with Gasteiger partial charge in [-0.2, -0.15) is 0 Å². The second-order valence-corrected chi connectivity index (χ2v) is 6.95. The first kappa shape index (κ1) is 19.8. The number of carbonyl (C=O) groups is 3. The van der Waals surface area contributed by atoms with E-state index in [-0.39, 0.29) is 17.5 Å². The number of carbonyl (C=O) groups excluding carboxylic acids is 2. The van der Waals surface area contributed by atoms with Crippen molar-refractivity contribution in [2.45, 2.75) is 32.4 Å². The Balaban J connectivity index is 2.38. The molecule has 24 heavy (non-hydrogen) atoms. The first-order valence-corrected chi connectivity index (χ1v) is 8.48. The quantitative estimate of drug-likeness (QED) is 0.511. The van der Waals surface area contributed by atoms with Crippen LogP contribution in [0.15, 0.2) is 30.3 Å². The summed E-state index contributed by atoms with van der Waals surface area (Å²) in [5.41, 5.74) is -0.177. The summed E-state index contributed by atoms with van der Waals surface area (Å²) in [4.78, 5) is 34.6. The van der Waals surface area contributed by atoms with Gasteiger partial charge < -0.3 is 20.5 Å². The highest BCUT2D eigenvalue weighted by molar-refractivity contribution is 7.99. The van der Waals surface area contributed by atoms with Crippen molar-refractivity contribution in [3.8, 4) is 0 Å². The van der Waals surface area contributed by atoms with Gasteiger partial charge in [-0.3, -0.25) is 4.79 Å². The average Bonchev–Trinajstić information content (AvgIpc) is 2.48. The standard InChI is InChI=1S/C16H22N2O5S/c1-16(2,3)23-15(22)18-12(14(20)21)9-24-10-17-13(19)11-7-5-4-6-8-11/h4-8,12H,9-10H2,1-3H3,(H,17,19)(H,18,22)(H,20,21). The maximum atomic E-state index is 11.8. The number of hydrogen-bond acceptors (Lipinski definition) is 5.